The van der Waals surface area contributed by atoms with E-state index in [1.165, 1.54) is 14.1 Å². The molecular weight excluding hydrogens is 428 g/mol. The molecule has 0 radical (unpaired) electrons. The summed E-state index contributed by atoms with van der Waals surface area (Å²) >= 11 is 0. The molecule has 0 atom stereocenters. The number of anilines is 1. The van der Waals surface area contributed by atoms with Crippen molar-refractivity contribution >= 4 is 21.8 Å². The highest BCUT2D eigenvalue weighted by Crippen LogP contribution is 2.73. The summed E-state index contributed by atoms with van der Waals surface area (Å²) in [5.74, 6) is -1.08. The van der Waals surface area contributed by atoms with E-state index < -0.39 is 56.2 Å². The maximum atomic E-state index is 13.0. The number of hydrogen-bond donors (Lipinski definition) is 2. The molecular formula is C16H17F6N3O3S. The zero-order valence-electron chi connectivity index (χ0n) is 15.2. The van der Waals surface area contributed by atoms with Crippen molar-refractivity contribution in [2.45, 2.75) is 37.2 Å². The van der Waals surface area contributed by atoms with Gasteiger partial charge in [-0.25, -0.2) is 0 Å². The van der Waals surface area contributed by atoms with Gasteiger partial charge in [0, 0.05) is 19.6 Å². The number of benzene rings is 1. The molecule has 2 bridgehead atoms. The first-order valence-corrected chi connectivity index (χ1v) is 9.75. The van der Waals surface area contributed by atoms with E-state index in [2.05, 4.69) is 5.32 Å². The Kier molecular flexibility index (Phi) is 4.66. The van der Waals surface area contributed by atoms with Crippen molar-refractivity contribution < 1.29 is 39.6 Å². The number of alkyl halides is 6. The van der Waals surface area contributed by atoms with Gasteiger partial charge in [0.2, 0.25) is 0 Å². The van der Waals surface area contributed by atoms with Crippen LogP contribution in [-0.2, 0) is 16.4 Å². The van der Waals surface area contributed by atoms with Gasteiger partial charge in [-0.3, -0.25) is 9.52 Å². The number of rotatable bonds is 5. The molecule has 3 fully saturated rings. The van der Waals surface area contributed by atoms with Gasteiger partial charge in [0.15, 0.2) is 0 Å². The highest BCUT2D eigenvalue weighted by molar-refractivity contribution is 7.90. The Morgan fingerprint density at radius 1 is 1.07 bits per heavy atom. The van der Waals surface area contributed by atoms with E-state index in [0.29, 0.717) is 12.1 Å². The quantitative estimate of drug-likeness (QED) is 0.684. The Morgan fingerprint density at radius 2 is 1.62 bits per heavy atom. The second-order valence-corrected chi connectivity index (χ2v) is 9.58. The molecule has 0 spiro atoms. The van der Waals surface area contributed by atoms with Crippen LogP contribution in [0.1, 0.15) is 35.2 Å². The molecule has 1 aromatic carbocycles. The van der Waals surface area contributed by atoms with E-state index in [1.807, 2.05) is 4.72 Å². The highest BCUT2D eigenvalue weighted by atomic mass is 32.2. The lowest BCUT2D eigenvalue weighted by Gasteiger charge is -2.70. The van der Waals surface area contributed by atoms with Gasteiger partial charge in [-0.1, -0.05) is 0 Å². The molecule has 0 aromatic heterocycles. The van der Waals surface area contributed by atoms with Crippen molar-refractivity contribution in [1.82, 2.24) is 9.62 Å². The third-order valence-corrected chi connectivity index (χ3v) is 6.76. The van der Waals surface area contributed by atoms with Crippen LogP contribution >= 0.6 is 0 Å². The molecule has 3 aliphatic rings. The lowest BCUT2D eigenvalue weighted by molar-refractivity contribution is -0.336. The number of nitrogens with zero attached hydrogens (tertiary/aromatic N) is 1. The zero-order valence-corrected chi connectivity index (χ0v) is 16.0. The van der Waals surface area contributed by atoms with Crippen molar-refractivity contribution in [2.24, 2.45) is 5.41 Å². The maximum absolute atomic E-state index is 13.0. The molecule has 2 N–H and O–H groups in total. The van der Waals surface area contributed by atoms with Gasteiger partial charge in [0.25, 0.3) is 5.91 Å². The van der Waals surface area contributed by atoms with Crippen LogP contribution in [0.25, 0.3) is 0 Å². The van der Waals surface area contributed by atoms with Gasteiger partial charge in [-0.2, -0.15) is 39.1 Å². The van der Waals surface area contributed by atoms with E-state index in [4.69, 9.17) is 0 Å². The molecule has 3 aliphatic carbocycles. The van der Waals surface area contributed by atoms with Crippen molar-refractivity contribution in [3.8, 4) is 0 Å². The minimum absolute atomic E-state index is 0.354. The number of halogens is 6. The van der Waals surface area contributed by atoms with E-state index in [1.54, 1.807) is 0 Å². The van der Waals surface area contributed by atoms with E-state index in [0.717, 1.165) is 10.4 Å². The summed E-state index contributed by atoms with van der Waals surface area (Å²) in [6, 6.07) is 1.86. The molecule has 29 heavy (non-hydrogen) atoms. The molecule has 13 heteroatoms. The molecule has 4 rings (SSSR count). The predicted octanol–water partition coefficient (Wildman–Crippen LogP) is 3.14. The van der Waals surface area contributed by atoms with Crippen LogP contribution in [-0.4, -0.2) is 44.4 Å². The van der Waals surface area contributed by atoms with E-state index in [-0.39, 0.29) is 19.3 Å². The van der Waals surface area contributed by atoms with Crippen molar-refractivity contribution in [3.63, 3.8) is 0 Å². The van der Waals surface area contributed by atoms with Crippen molar-refractivity contribution in [3.05, 3.63) is 29.3 Å². The Labute approximate surface area is 162 Å². The smallest absolute Gasteiger partial charge is 0.346 e. The van der Waals surface area contributed by atoms with Crippen LogP contribution in [0.5, 0.6) is 0 Å². The molecule has 6 nitrogen and oxygen atoms in total. The van der Waals surface area contributed by atoms with Crippen LogP contribution in [0.3, 0.4) is 0 Å². The number of hydrogen-bond acceptors (Lipinski definition) is 3. The monoisotopic (exact) mass is 445 g/mol. The van der Waals surface area contributed by atoms with Gasteiger partial charge >= 0.3 is 22.6 Å². The Hall–Kier alpha value is -2.02. The second kappa shape index (κ2) is 6.24. The summed E-state index contributed by atoms with van der Waals surface area (Å²) in [5, 5.41) is 2.35. The number of amides is 1. The lowest BCUT2D eigenvalue weighted by atomic mass is 9.39. The van der Waals surface area contributed by atoms with Crippen LogP contribution in [0.2, 0.25) is 0 Å². The fourth-order valence-corrected chi connectivity index (χ4v) is 4.40. The number of nitrogens with one attached hydrogen (secondary N) is 2. The molecule has 0 saturated heterocycles. The summed E-state index contributed by atoms with van der Waals surface area (Å²) in [4.78, 5) is 12.6. The summed E-state index contributed by atoms with van der Waals surface area (Å²) < 4.78 is 105. The third kappa shape index (κ3) is 3.65. The van der Waals surface area contributed by atoms with Gasteiger partial charge in [-0.05, 0) is 37.5 Å². The summed E-state index contributed by atoms with van der Waals surface area (Å²) in [7, 11) is -1.79. The fraction of sp³-hybridized carbons (Fsp3) is 0.562. The fourth-order valence-electron chi connectivity index (χ4n) is 3.76. The first-order valence-electron chi connectivity index (χ1n) is 8.31. The Bertz CT molecular complexity index is 936. The minimum Gasteiger partial charge on any atom is -0.346 e. The molecule has 162 valence electrons. The minimum atomic E-state index is -4.80. The van der Waals surface area contributed by atoms with Crippen LogP contribution in [0.4, 0.5) is 32.0 Å². The molecule has 1 aromatic rings. The average Bonchev–Trinajstić information content (AvgIpc) is 2.46. The summed E-state index contributed by atoms with van der Waals surface area (Å²) in [6.07, 6.45) is -10.3. The van der Waals surface area contributed by atoms with Crippen molar-refractivity contribution in [2.75, 3.05) is 18.8 Å². The third-order valence-electron chi connectivity index (χ3n) is 5.32. The Balaban J connectivity index is 1.87. The average molecular weight is 445 g/mol. The van der Waals surface area contributed by atoms with Gasteiger partial charge in [0.1, 0.15) is 0 Å². The van der Waals surface area contributed by atoms with E-state index in [9.17, 15) is 39.6 Å². The molecule has 3 saturated carbocycles. The van der Waals surface area contributed by atoms with Gasteiger partial charge < -0.3 is 5.32 Å². The largest absolute Gasteiger partial charge is 0.416 e. The Morgan fingerprint density at radius 3 is 2.07 bits per heavy atom. The van der Waals surface area contributed by atoms with Gasteiger partial charge in [-0.15, -0.1) is 0 Å². The predicted molar refractivity (Wildman–Crippen MR) is 90.2 cm³/mol. The summed E-state index contributed by atoms with van der Waals surface area (Å²) in [6.45, 7) is 0. The number of carbonyl (C=O) groups is 1. The van der Waals surface area contributed by atoms with Gasteiger partial charge in [0.05, 0.1) is 22.2 Å². The SMILES string of the molecule is CN(C)S(=O)(=O)Nc1ccc(C(F)(F)F)cc1C(=O)NC12CC(C(F)(F)F)(C1)C2. The maximum Gasteiger partial charge on any atom is 0.416 e. The topological polar surface area (TPSA) is 78.5 Å². The van der Waals surface area contributed by atoms with Crippen LogP contribution < -0.4 is 10.0 Å². The van der Waals surface area contributed by atoms with E-state index >= 15 is 0 Å². The zero-order chi connectivity index (χ0) is 22.0. The molecule has 1 amide bonds. The molecule has 0 aliphatic heterocycles. The summed E-state index contributed by atoms with van der Waals surface area (Å²) in [5.41, 5.74) is -5.24. The van der Waals surface area contributed by atoms with Crippen LogP contribution in [0, 0.1) is 5.41 Å². The first kappa shape index (κ1) is 21.7. The molecule has 0 unspecified atom stereocenters. The first-order chi connectivity index (χ1) is 13.0. The molecule has 0 heterocycles. The second-order valence-electron chi connectivity index (χ2n) is 7.69. The van der Waals surface area contributed by atoms with Crippen molar-refractivity contribution in [1.29, 1.82) is 0 Å². The lowest BCUT2D eigenvalue weighted by Crippen LogP contribution is -2.78. The highest BCUT2D eigenvalue weighted by Gasteiger charge is 2.79. The van der Waals surface area contributed by atoms with Crippen LogP contribution in [0.15, 0.2) is 18.2 Å². The normalized spacial score (nSPS) is 26.5. The standard InChI is InChI=1S/C16H17F6N3O3S/c1-25(2)29(27,28)24-11-4-3-9(15(17,18)19)5-10(11)12(26)23-14-6-13(7-14,8-14)16(20,21)22/h3-5,24H,6-8H2,1-2H3,(H,23,26). The number of carbonyl (C=O) groups excluding carboxylic acids is 1.